The van der Waals surface area contributed by atoms with Crippen molar-refractivity contribution in [2.75, 3.05) is 29.5 Å². The molecule has 0 aliphatic carbocycles. The topological polar surface area (TPSA) is 53.4 Å². The number of aromatic nitrogens is 1. The van der Waals surface area contributed by atoms with Crippen LogP contribution in [0.25, 0.3) is 0 Å². The van der Waals surface area contributed by atoms with Gasteiger partial charge in [0.05, 0.1) is 5.56 Å². The third-order valence-electron chi connectivity index (χ3n) is 2.33. The number of carboxylic acids is 1. The van der Waals surface area contributed by atoms with Gasteiger partial charge in [-0.3, -0.25) is 0 Å². The smallest absolute Gasteiger partial charge is 0.337 e. The van der Waals surface area contributed by atoms with E-state index in [-0.39, 0.29) is 5.56 Å². The van der Waals surface area contributed by atoms with Crippen LogP contribution in [0.1, 0.15) is 10.4 Å². The summed E-state index contributed by atoms with van der Waals surface area (Å²) in [7, 11) is 0. The Morgan fingerprint density at radius 3 is 2.67 bits per heavy atom. The molecule has 1 N–H and O–H groups in total. The fraction of sp³-hybridized carbons (Fsp3) is 0.400. The lowest BCUT2D eigenvalue weighted by Crippen LogP contribution is -2.33. The molecule has 2 rings (SSSR count). The highest BCUT2D eigenvalue weighted by Crippen LogP contribution is 2.17. The lowest BCUT2D eigenvalue weighted by molar-refractivity contribution is 0.0696. The van der Waals surface area contributed by atoms with Gasteiger partial charge in [0.25, 0.3) is 0 Å². The van der Waals surface area contributed by atoms with Gasteiger partial charge in [-0.15, -0.1) is 0 Å². The molecule has 0 atom stereocenters. The monoisotopic (exact) mass is 224 g/mol. The van der Waals surface area contributed by atoms with E-state index in [2.05, 4.69) is 9.88 Å². The van der Waals surface area contributed by atoms with Crippen LogP contribution in [0.4, 0.5) is 5.82 Å². The first-order valence-electron chi connectivity index (χ1n) is 4.79. The Kier molecular flexibility index (Phi) is 3.11. The van der Waals surface area contributed by atoms with E-state index in [0.29, 0.717) is 0 Å². The predicted octanol–water partition coefficient (Wildman–Crippen LogP) is 1.33. The SMILES string of the molecule is O=C(O)c1ccc(N2CCSCC2)nc1. The molecule has 15 heavy (non-hydrogen) atoms. The Morgan fingerprint density at radius 1 is 1.40 bits per heavy atom. The molecule has 0 unspecified atom stereocenters. The first kappa shape index (κ1) is 10.3. The van der Waals surface area contributed by atoms with E-state index in [1.807, 2.05) is 11.8 Å². The van der Waals surface area contributed by atoms with Crippen molar-refractivity contribution >= 4 is 23.5 Å². The van der Waals surface area contributed by atoms with Crippen molar-refractivity contribution < 1.29 is 9.90 Å². The summed E-state index contributed by atoms with van der Waals surface area (Å²) >= 11 is 1.94. The highest BCUT2D eigenvalue weighted by atomic mass is 32.2. The van der Waals surface area contributed by atoms with Gasteiger partial charge in [0, 0.05) is 30.8 Å². The molecular formula is C10H12N2O2S. The molecule has 0 spiro atoms. The Bertz CT molecular complexity index is 347. The summed E-state index contributed by atoms with van der Waals surface area (Å²) in [6.45, 7) is 1.98. The molecule has 0 radical (unpaired) electrons. The molecule has 2 heterocycles. The van der Waals surface area contributed by atoms with Gasteiger partial charge >= 0.3 is 5.97 Å². The number of hydrogen-bond acceptors (Lipinski definition) is 4. The number of pyridine rings is 1. The molecule has 1 aliphatic heterocycles. The summed E-state index contributed by atoms with van der Waals surface area (Å²) in [6.07, 6.45) is 1.42. The van der Waals surface area contributed by atoms with Gasteiger partial charge < -0.3 is 10.0 Å². The molecule has 1 saturated heterocycles. The molecule has 0 saturated carbocycles. The average molecular weight is 224 g/mol. The zero-order chi connectivity index (χ0) is 10.7. The van der Waals surface area contributed by atoms with Gasteiger partial charge in [-0.1, -0.05) is 0 Å². The van der Waals surface area contributed by atoms with E-state index in [1.54, 1.807) is 12.1 Å². The quantitative estimate of drug-likeness (QED) is 0.821. The standard InChI is InChI=1S/C10H12N2O2S/c13-10(14)8-1-2-9(11-7-8)12-3-5-15-6-4-12/h1-2,7H,3-6H2,(H,13,14). The maximum atomic E-state index is 10.6. The minimum absolute atomic E-state index is 0.241. The van der Waals surface area contributed by atoms with E-state index >= 15 is 0 Å². The van der Waals surface area contributed by atoms with Crippen molar-refractivity contribution in [3.63, 3.8) is 0 Å². The summed E-state index contributed by atoms with van der Waals surface area (Å²) < 4.78 is 0. The molecule has 0 amide bonds. The summed E-state index contributed by atoms with van der Waals surface area (Å²) in [5, 5.41) is 8.73. The van der Waals surface area contributed by atoms with Crippen molar-refractivity contribution in [1.29, 1.82) is 0 Å². The molecule has 5 heteroatoms. The zero-order valence-corrected chi connectivity index (χ0v) is 9.04. The lowest BCUT2D eigenvalue weighted by atomic mass is 10.3. The van der Waals surface area contributed by atoms with Crippen LogP contribution in [-0.2, 0) is 0 Å². The van der Waals surface area contributed by atoms with E-state index < -0.39 is 5.97 Å². The van der Waals surface area contributed by atoms with Crippen molar-refractivity contribution in [2.45, 2.75) is 0 Å². The summed E-state index contributed by atoms with van der Waals surface area (Å²) in [6, 6.07) is 3.38. The van der Waals surface area contributed by atoms with Crippen molar-refractivity contribution in [3.8, 4) is 0 Å². The second-order valence-electron chi connectivity index (χ2n) is 3.31. The van der Waals surface area contributed by atoms with Gasteiger partial charge in [0.1, 0.15) is 5.82 Å². The maximum Gasteiger partial charge on any atom is 0.337 e. The van der Waals surface area contributed by atoms with E-state index in [9.17, 15) is 4.79 Å². The second-order valence-corrected chi connectivity index (χ2v) is 4.53. The normalized spacial score (nSPS) is 16.4. The number of carbonyl (C=O) groups is 1. The summed E-state index contributed by atoms with van der Waals surface area (Å²) in [5.74, 6) is 2.17. The van der Waals surface area contributed by atoms with Crippen molar-refractivity contribution in [2.24, 2.45) is 0 Å². The molecule has 0 aromatic carbocycles. The number of aromatic carboxylic acids is 1. The number of hydrogen-bond donors (Lipinski definition) is 1. The number of thioether (sulfide) groups is 1. The van der Waals surface area contributed by atoms with Crippen LogP contribution in [0.5, 0.6) is 0 Å². The van der Waals surface area contributed by atoms with Crippen LogP contribution >= 0.6 is 11.8 Å². The van der Waals surface area contributed by atoms with Crippen LogP contribution in [0.2, 0.25) is 0 Å². The molecule has 1 aromatic rings. The zero-order valence-electron chi connectivity index (χ0n) is 8.22. The maximum absolute atomic E-state index is 10.6. The molecule has 1 aromatic heterocycles. The van der Waals surface area contributed by atoms with Crippen LogP contribution in [0.15, 0.2) is 18.3 Å². The van der Waals surface area contributed by atoms with Gasteiger partial charge in [0.15, 0.2) is 0 Å². The van der Waals surface area contributed by atoms with Crippen molar-refractivity contribution in [1.82, 2.24) is 4.98 Å². The Labute approximate surface area is 92.3 Å². The molecule has 0 bridgehead atoms. The molecule has 1 aliphatic rings. The first-order valence-corrected chi connectivity index (χ1v) is 5.95. The van der Waals surface area contributed by atoms with Gasteiger partial charge in [-0.25, -0.2) is 9.78 Å². The fourth-order valence-electron chi connectivity index (χ4n) is 1.49. The fourth-order valence-corrected chi connectivity index (χ4v) is 2.40. The third-order valence-corrected chi connectivity index (χ3v) is 3.27. The van der Waals surface area contributed by atoms with E-state index in [4.69, 9.17) is 5.11 Å². The van der Waals surface area contributed by atoms with Crippen LogP contribution < -0.4 is 4.90 Å². The Hall–Kier alpha value is -1.23. The number of carboxylic acid groups (broad SMARTS) is 1. The number of nitrogens with zero attached hydrogens (tertiary/aromatic N) is 2. The minimum Gasteiger partial charge on any atom is -0.478 e. The minimum atomic E-state index is -0.928. The third kappa shape index (κ3) is 2.41. The van der Waals surface area contributed by atoms with E-state index in [0.717, 1.165) is 30.4 Å². The van der Waals surface area contributed by atoms with Crippen molar-refractivity contribution in [3.05, 3.63) is 23.9 Å². The van der Waals surface area contributed by atoms with E-state index in [1.165, 1.54) is 6.20 Å². The van der Waals surface area contributed by atoms with Gasteiger partial charge in [-0.2, -0.15) is 11.8 Å². The summed E-state index contributed by atoms with van der Waals surface area (Å²) in [4.78, 5) is 17.0. The average Bonchev–Trinajstić information content (AvgIpc) is 2.30. The Balaban J connectivity index is 2.11. The highest BCUT2D eigenvalue weighted by Gasteiger charge is 2.12. The van der Waals surface area contributed by atoms with Crippen LogP contribution in [0, 0.1) is 0 Å². The molecule has 80 valence electrons. The number of anilines is 1. The molecular weight excluding hydrogens is 212 g/mol. The summed E-state index contributed by atoms with van der Waals surface area (Å²) in [5.41, 5.74) is 0.241. The van der Waals surface area contributed by atoms with Gasteiger partial charge in [0.2, 0.25) is 0 Å². The largest absolute Gasteiger partial charge is 0.478 e. The lowest BCUT2D eigenvalue weighted by Gasteiger charge is -2.27. The molecule has 4 nitrogen and oxygen atoms in total. The van der Waals surface area contributed by atoms with Gasteiger partial charge in [-0.05, 0) is 12.1 Å². The Morgan fingerprint density at radius 2 is 2.13 bits per heavy atom. The highest BCUT2D eigenvalue weighted by molar-refractivity contribution is 7.99. The number of rotatable bonds is 2. The molecule has 1 fully saturated rings. The van der Waals surface area contributed by atoms with Crippen LogP contribution in [-0.4, -0.2) is 40.7 Å². The predicted molar refractivity (Wildman–Crippen MR) is 60.7 cm³/mol. The van der Waals surface area contributed by atoms with Crippen LogP contribution in [0.3, 0.4) is 0 Å². The second kappa shape index (κ2) is 4.53. The first-order chi connectivity index (χ1) is 7.27.